The van der Waals surface area contributed by atoms with Gasteiger partial charge in [0.25, 0.3) is 0 Å². The molecule has 4 heteroatoms. The highest BCUT2D eigenvalue weighted by Crippen LogP contribution is 2.23. The van der Waals surface area contributed by atoms with Gasteiger partial charge in [-0.15, -0.1) is 0 Å². The van der Waals surface area contributed by atoms with Gasteiger partial charge in [0.2, 0.25) is 0 Å². The van der Waals surface area contributed by atoms with Gasteiger partial charge in [-0.1, -0.05) is 30.3 Å². The zero-order valence-corrected chi connectivity index (χ0v) is 11.8. The van der Waals surface area contributed by atoms with Crippen LogP contribution in [0.3, 0.4) is 0 Å². The first-order valence-corrected chi connectivity index (χ1v) is 7.04. The molecule has 0 aliphatic carbocycles. The Morgan fingerprint density at radius 1 is 0.952 bits per heavy atom. The summed E-state index contributed by atoms with van der Waals surface area (Å²) in [5.41, 5.74) is 6.35. The van der Waals surface area contributed by atoms with Crippen molar-refractivity contribution in [3.63, 3.8) is 0 Å². The lowest BCUT2D eigenvalue weighted by Crippen LogP contribution is -2.15. The van der Waals surface area contributed by atoms with Crippen molar-refractivity contribution < 1.29 is 13.5 Å². The summed E-state index contributed by atoms with van der Waals surface area (Å²) in [7, 11) is 0. The average molecular weight is 291 g/mol. The third kappa shape index (κ3) is 4.26. The van der Waals surface area contributed by atoms with Gasteiger partial charge in [0, 0.05) is 0 Å². The molecule has 2 N–H and O–H groups in total. The lowest BCUT2D eigenvalue weighted by molar-refractivity contribution is 0.287. The van der Waals surface area contributed by atoms with Crippen LogP contribution in [0.15, 0.2) is 48.5 Å². The fourth-order valence-corrected chi connectivity index (χ4v) is 2.28. The minimum absolute atomic E-state index is 0.0459. The monoisotopic (exact) mass is 291 g/mol. The van der Waals surface area contributed by atoms with Crippen LogP contribution in [0.1, 0.15) is 24.3 Å². The van der Waals surface area contributed by atoms with Crippen molar-refractivity contribution in [3.8, 4) is 5.75 Å². The number of rotatable bonds is 7. The molecule has 2 nitrogen and oxygen atoms in total. The van der Waals surface area contributed by atoms with Crippen LogP contribution in [-0.2, 0) is 0 Å². The van der Waals surface area contributed by atoms with Gasteiger partial charge in [-0.05, 0) is 49.1 Å². The highest BCUT2D eigenvalue weighted by atomic mass is 19.1. The zero-order chi connectivity index (χ0) is 15.1. The number of halogens is 2. The molecule has 0 saturated heterocycles. The molecule has 0 amide bonds. The second-order valence-corrected chi connectivity index (χ2v) is 4.88. The number of hydrogen-bond donors (Lipinski definition) is 1. The second kappa shape index (κ2) is 7.74. The standard InChI is InChI=1S/C17H19F2NO/c18-15-8-2-1-7-14(15)13(12-20)6-5-11-21-17-10-4-3-9-16(17)19/h1-4,7-10,13H,5-6,11-12,20H2. The summed E-state index contributed by atoms with van der Waals surface area (Å²) >= 11 is 0. The molecule has 0 saturated carbocycles. The first-order valence-electron chi connectivity index (χ1n) is 7.04. The molecule has 1 atom stereocenters. The van der Waals surface area contributed by atoms with E-state index in [2.05, 4.69) is 0 Å². The molecule has 0 spiro atoms. The van der Waals surface area contributed by atoms with Gasteiger partial charge in [-0.3, -0.25) is 0 Å². The summed E-state index contributed by atoms with van der Waals surface area (Å²) in [6.45, 7) is 0.756. The smallest absolute Gasteiger partial charge is 0.165 e. The number of para-hydroxylation sites is 1. The fourth-order valence-electron chi connectivity index (χ4n) is 2.28. The van der Waals surface area contributed by atoms with E-state index in [1.54, 1.807) is 36.4 Å². The first-order chi connectivity index (χ1) is 10.2. The van der Waals surface area contributed by atoms with Crippen LogP contribution in [-0.4, -0.2) is 13.2 Å². The topological polar surface area (TPSA) is 35.2 Å². The molecule has 0 heterocycles. The Balaban J connectivity index is 1.85. The number of hydrogen-bond acceptors (Lipinski definition) is 2. The molecular weight excluding hydrogens is 272 g/mol. The van der Waals surface area contributed by atoms with Crippen LogP contribution in [0.5, 0.6) is 5.75 Å². The minimum atomic E-state index is -0.373. The third-order valence-electron chi connectivity index (χ3n) is 3.42. The number of ether oxygens (including phenoxy) is 1. The quantitative estimate of drug-likeness (QED) is 0.786. The Kier molecular flexibility index (Phi) is 5.69. The molecule has 21 heavy (non-hydrogen) atoms. The molecular formula is C17H19F2NO. The number of nitrogens with two attached hydrogens (primary N) is 1. The molecule has 2 aromatic rings. The third-order valence-corrected chi connectivity index (χ3v) is 3.42. The van der Waals surface area contributed by atoms with Crippen molar-refractivity contribution in [1.82, 2.24) is 0 Å². The molecule has 0 bridgehead atoms. The van der Waals surface area contributed by atoms with E-state index in [1.807, 2.05) is 0 Å². The molecule has 0 aromatic heterocycles. The van der Waals surface area contributed by atoms with Crippen LogP contribution in [0.4, 0.5) is 8.78 Å². The molecule has 112 valence electrons. The Morgan fingerprint density at radius 3 is 2.29 bits per heavy atom. The molecule has 0 radical (unpaired) electrons. The van der Waals surface area contributed by atoms with Crippen molar-refractivity contribution in [2.24, 2.45) is 5.73 Å². The van der Waals surface area contributed by atoms with Gasteiger partial charge in [0.1, 0.15) is 5.82 Å². The Bertz CT molecular complexity index is 574. The minimum Gasteiger partial charge on any atom is -0.491 e. The van der Waals surface area contributed by atoms with Crippen LogP contribution in [0.2, 0.25) is 0 Å². The fraction of sp³-hybridized carbons (Fsp3) is 0.294. The summed E-state index contributed by atoms with van der Waals surface area (Å²) in [5.74, 6) is -0.409. The zero-order valence-electron chi connectivity index (χ0n) is 11.8. The lowest BCUT2D eigenvalue weighted by Gasteiger charge is -2.16. The van der Waals surface area contributed by atoms with E-state index in [0.717, 1.165) is 0 Å². The van der Waals surface area contributed by atoms with Crippen LogP contribution < -0.4 is 10.5 Å². The Hall–Kier alpha value is -1.94. The summed E-state index contributed by atoms with van der Waals surface area (Å²) in [4.78, 5) is 0. The summed E-state index contributed by atoms with van der Waals surface area (Å²) in [5, 5.41) is 0. The largest absolute Gasteiger partial charge is 0.491 e. The van der Waals surface area contributed by atoms with E-state index < -0.39 is 0 Å². The molecule has 1 unspecified atom stereocenters. The molecule has 2 rings (SSSR count). The van der Waals surface area contributed by atoms with Crippen molar-refractivity contribution in [1.29, 1.82) is 0 Å². The maximum absolute atomic E-state index is 13.7. The van der Waals surface area contributed by atoms with E-state index >= 15 is 0 Å². The SMILES string of the molecule is NCC(CCCOc1ccccc1F)c1ccccc1F. The van der Waals surface area contributed by atoms with Crippen LogP contribution >= 0.6 is 0 Å². The Labute approximate surface area is 123 Å². The predicted molar refractivity (Wildman–Crippen MR) is 79.3 cm³/mol. The van der Waals surface area contributed by atoms with Gasteiger partial charge in [-0.2, -0.15) is 0 Å². The maximum atomic E-state index is 13.7. The molecule has 2 aromatic carbocycles. The normalized spacial score (nSPS) is 12.1. The highest BCUT2D eigenvalue weighted by molar-refractivity contribution is 5.24. The highest BCUT2D eigenvalue weighted by Gasteiger charge is 2.13. The van der Waals surface area contributed by atoms with E-state index in [-0.39, 0.29) is 23.3 Å². The van der Waals surface area contributed by atoms with E-state index in [9.17, 15) is 8.78 Å². The predicted octanol–water partition coefficient (Wildman–Crippen LogP) is 3.87. The van der Waals surface area contributed by atoms with Crippen LogP contribution in [0.25, 0.3) is 0 Å². The van der Waals surface area contributed by atoms with Crippen LogP contribution in [0, 0.1) is 11.6 Å². The molecule has 0 aliphatic heterocycles. The van der Waals surface area contributed by atoms with E-state index in [1.165, 1.54) is 12.1 Å². The average Bonchev–Trinajstić information content (AvgIpc) is 2.50. The summed E-state index contributed by atoms with van der Waals surface area (Å²) in [6.07, 6.45) is 1.39. The van der Waals surface area contributed by atoms with Crippen molar-refractivity contribution in [2.75, 3.05) is 13.2 Å². The van der Waals surface area contributed by atoms with Gasteiger partial charge < -0.3 is 10.5 Å². The van der Waals surface area contributed by atoms with Gasteiger partial charge in [0.15, 0.2) is 11.6 Å². The first kappa shape index (κ1) is 15.4. The van der Waals surface area contributed by atoms with Crippen molar-refractivity contribution in [3.05, 3.63) is 65.7 Å². The second-order valence-electron chi connectivity index (χ2n) is 4.88. The van der Waals surface area contributed by atoms with E-state index in [0.29, 0.717) is 31.6 Å². The van der Waals surface area contributed by atoms with Gasteiger partial charge in [0.05, 0.1) is 6.61 Å². The summed E-state index contributed by atoms with van der Waals surface area (Å²) in [6, 6.07) is 12.9. The molecule has 0 aliphatic rings. The van der Waals surface area contributed by atoms with Gasteiger partial charge >= 0.3 is 0 Å². The van der Waals surface area contributed by atoms with Crippen molar-refractivity contribution in [2.45, 2.75) is 18.8 Å². The van der Waals surface area contributed by atoms with Crippen molar-refractivity contribution >= 4 is 0 Å². The Morgan fingerprint density at radius 2 is 1.62 bits per heavy atom. The molecule has 0 fully saturated rings. The lowest BCUT2D eigenvalue weighted by atomic mass is 9.94. The number of benzene rings is 2. The summed E-state index contributed by atoms with van der Waals surface area (Å²) < 4.78 is 32.5. The van der Waals surface area contributed by atoms with Gasteiger partial charge in [-0.25, -0.2) is 8.78 Å². The maximum Gasteiger partial charge on any atom is 0.165 e. The van der Waals surface area contributed by atoms with E-state index in [4.69, 9.17) is 10.5 Å².